The number of ketones is 2. The number of hydrogen-bond donors (Lipinski definition) is 0. The summed E-state index contributed by atoms with van der Waals surface area (Å²) in [5, 5.41) is 22.6. The van der Waals surface area contributed by atoms with E-state index in [0.29, 0.717) is 0 Å². The third-order valence-electron chi connectivity index (χ3n) is 10.3. The van der Waals surface area contributed by atoms with Crippen molar-refractivity contribution in [2.24, 2.45) is 42.1 Å². The maximum absolute atomic E-state index is 13.4. The molecule has 0 N–H and O–H groups in total. The van der Waals surface area contributed by atoms with Crippen molar-refractivity contribution in [3.05, 3.63) is 143 Å². The van der Waals surface area contributed by atoms with Crippen LogP contribution in [0.5, 0.6) is 0 Å². The molecule has 56 heavy (non-hydrogen) atoms. The van der Waals surface area contributed by atoms with Crippen molar-refractivity contribution < 1.29 is 9.59 Å². The molecule has 0 heterocycles. The molecule has 2 aliphatic rings. The van der Waals surface area contributed by atoms with Gasteiger partial charge >= 0.3 is 0 Å². The summed E-state index contributed by atoms with van der Waals surface area (Å²) >= 11 is 0. The lowest BCUT2D eigenvalue weighted by atomic mass is 9.72. The fourth-order valence-electron chi connectivity index (χ4n) is 7.21. The normalized spacial score (nSPS) is 16.1. The van der Waals surface area contributed by atoms with Crippen LogP contribution in [0, 0.1) is 21.7 Å². The number of nitrogens with zero attached hydrogens (tertiary/aromatic N) is 4. The Morgan fingerprint density at radius 3 is 0.964 bits per heavy atom. The Labute approximate surface area is 332 Å². The zero-order valence-electron chi connectivity index (χ0n) is 35.0. The average molecular weight is 743 g/mol. The first-order valence-corrected chi connectivity index (χ1v) is 19.4. The van der Waals surface area contributed by atoms with Crippen molar-refractivity contribution in [3.63, 3.8) is 0 Å². The molecule has 4 aromatic carbocycles. The second kappa shape index (κ2) is 14.8. The first kappa shape index (κ1) is 40.1. The number of hydrogen-bond acceptors (Lipinski definition) is 6. The molecule has 0 aromatic heterocycles. The molecule has 0 fully saturated rings. The summed E-state index contributed by atoms with van der Waals surface area (Å²) in [6.07, 6.45) is 11.3. The maximum Gasteiger partial charge on any atom is 0.186 e. The summed E-state index contributed by atoms with van der Waals surface area (Å²) in [4.78, 5) is 26.8. The minimum atomic E-state index is -0.299. The highest BCUT2D eigenvalue weighted by Crippen LogP contribution is 2.43. The van der Waals surface area contributed by atoms with Crippen molar-refractivity contribution in [3.8, 4) is 11.1 Å². The summed E-state index contributed by atoms with van der Waals surface area (Å²) in [5.41, 5.74) is 7.29. The van der Waals surface area contributed by atoms with Gasteiger partial charge in [0.15, 0.2) is 11.6 Å². The number of benzene rings is 4. The molecule has 0 radical (unpaired) electrons. The number of azo groups is 2. The van der Waals surface area contributed by atoms with E-state index in [-0.39, 0.29) is 33.2 Å². The Balaban J connectivity index is 1.36. The Kier molecular flexibility index (Phi) is 10.6. The molecule has 0 saturated carbocycles. The maximum atomic E-state index is 13.4. The van der Waals surface area contributed by atoms with Gasteiger partial charge in [-0.25, -0.2) is 0 Å². The van der Waals surface area contributed by atoms with E-state index in [9.17, 15) is 9.59 Å². The smallest absolute Gasteiger partial charge is 0.186 e. The first-order valence-electron chi connectivity index (χ1n) is 19.4. The average Bonchev–Trinajstić information content (AvgIpc) is 3.11. The van der Waals surface area contributed by atoms with Crippen molar-refractivity contribution in [1.29, 1.82) is 0 Å². The highest BCUT2D eigenvalue weighted by atomic mass is 16.1. The van der Waals surface area contributed by atoms with Gasteiger partial charge in [0.1, 0.15) is 0 Å². The number of carbonyl (C=O) groups is 2. The number of fused-ring (bicyclic) bond motifs is 2. The molecule has 286 valence electrons. The molecule has 0 spiro atoms. The van der Waals surface area contributed by atoms with E-state index in [1.54, 1.807) is 12.4 Å². The highest BCUT2D eigenvalue weighted by molar-refractivity contribution is 6.13. The van der Waals surface area contributed by atoms with Gasteiger partial charge in [-0.3, -0.25) is 9.59 Å². The van der Waals surface area contributed by atoms with Gasteiger partial charge in [0.2, 0.25) is 0 Å². The van der Waals surface area contributed by atoms with Crippen LogP contribution in [0.3, 0.4) is 0 Å². The first-order chi connectivity index (χ1) is 26.1. The van der Waals surface area contributed by atoms with Crippen LogP contribution in [0.4, 0.5) is 11.4 Å². The molecule has 2 aliphatic carbocycles. The van der Waals surface area contributed by atoms with Gasteiger partial charge < -0.3 is 0 Å². The number of rotatable bonds is 5. The molecular weight excluding hydrogens is 689 g/mol. The zero-order chi connectivity index (χ0) is 40.8. The van der Waals surface area contributed by atoms with E-state index in [1.807, 2.05) is 60.7 Å². The lowest BCUT2D eigenvalue weighted by Crippen LogP contribution is -2.27. The largest absolute Gasteiger partial charge is 0.289 e. The summed E-state index contributed by atoms with van der Waals surface area (Å²) in [7, 11) is 0. The Hall–Kier alpha value is -5.62. The molecule has 0 atom stereocenters. The molecule has 0 aliphatic heterocycles. The zero-order valence-corrected chi connectivity index (χ0v) is 35.0. The summed E-state index contributed by atoms with van der Waals surface area (Å²) in [6.45, 7) is 24.8. The molecule has 0 bridgehead atoms. The Morgan fingerprint density at radius 1 is 0.393 bits per heavy atom. The van der Waals surface area contributed by atoms with Crippen molar-refractivity contribution in [2.45, 2.75) is 83.1 Å². The topological polar surface area (TPSA) is 83.6 Å². The van der Waals surface area contributed by atoms with Gasteiger partial charge in [-0.1, -0.05) is 144 Å². The van der Waals surface area contributed by atoms with Crippen LogP contribution >= 0.6 is 0 Å². The molecular formula is C50H54N4O2. The summed E-state index contributed by atoms with van der Waals surface area (Å²) in [6, 6.07) is 24.7. The highest BCUT2D eigenvalue weighted by Gasteiger charge is 2.35. The predicted molar refractivity (Wildman–Crippen MR) is 232 cm³/mol. The van der Waals surface area contributed by atoms with Crippen LogP contribution in [0.15, 0.2) is 163 Å². The van der Waals surface area contributed by atoms with E-state index in [4.69, 9.17) is 10.2 Å². The van der Waals surface area contributed by atoms with Crippen LogP contribution in [-0.2, 0) is 9.59 Å². The second-order valence-electron chi connectivity index (χ2n) is 18.9. The van der Waals surface area contributed by atoms with Crippen molar-refractivity contribution >= 4 is 44.5 Å². The second-order valence-corrected chi connectivity index (χ2v) is 18.9. The third-order valence-corrected chi connectivity index (χ3v) is 10.3. The van der Waals surface area contributed by atoms with Gasteiger partial charge in [-0.15, -0.1) is 0 Å². The minimum Gasteiger partial charge on any atom is -0.289 e. The van der Waals surface area contributed by atoms with Gasteiger partial charge in [0, 0.05) is 33.1 Å². The van der Waals surface area contributed by atoms with E-state index in [0.717, 1.165) is 77.5 Å². The molecule has 4 aromatic rings. The number of carbonyl (C=O) groups excluding carboxylic acids is 2. The molecule has 0 amide bonds. The lowest BCUT2D eigenvalue weighted by Gasteiger charge is -2.31. The standard InChI is InChI=1S/C50H54N4O2/c1-47(2,3)39-25-31(26-40(45(39)55)48(4,5)6)29-51-53-43-23-21-35(33-17-13-15-19-37(33)43)36-22-24-44(38-20-16-14-18-34(36)38)54-52-30-32-27-41(49(7,8)9)46(56)42(28-32)50(10,11)12/h13-30H,1-12H3. The van der Waals surface area contributed by atoms with Crippen LogP contribution in [-0.4, -0.2) is 11.6 Å². The fourth-order valence-corrected chi connectivity index (χ4v) is 7.21. The SMILES string of the molecule is CC(C)(C)C1=CC(=CN=Nc2ccc(-c3ccc(N=NC=C4C=C(C(C)(C)C)C(=O)C(C(C)(C)C)=C4)c4ccccc34)c3ccccc23)C=C(C(C)(C)C)C1=O. The molecule has 6 rings (SSSR count). The molecule has 6 heteroatoms. The predicted octanol–water partition coefficient (Wildman–Crippen LogP) is 14.7. The van der Waals surface area contributed by atoms with Crippen LogP contribution in [0.1, 0.15) is 83.1 Å². The van der Waals surface area contributed by atoms with E-state index in [2.05, 4.69) is 130 Å². The lowest BCUT2D eigenvalue weighted by molar-refractivity contribution is -0.114. The summed E-state index contributed by atoms with van der Waals surface area (Å²) in [5.74, 6) is 0.193. The van der Waals surface area contributed by atoms with Crippen LogP contribution < -0.4 is 0 Å². The van der Waals surface area contributed by atoms with Gasteiger partial charge in [-0.05, 0) is 91.1 Å². The van der Waals surface area contributed by atoms with Gasteiger partial charge in [0.25, 0.3) is 0 Å². The third kappa shape index (κ3) is 8.30. The molecule has 6 nitrogen and oxygen atoms in total. The van der Waals surface area contributed by atoms with Crippen molar-refractivity contribution in [2.75, 3.05) is 0 Å². The van der Waals surface area contributed by atoms with Gasteiger partial charge in [-0.2, -0.15) is 20.5 Å². The van der Waals surface area contributed by atoms with E-state index in [1.165, 1.54) is 0 Å². The van der Waals surface area contributed by atoms with Gasteiger partial charge in [0.05, 0.1) is 23.8 Å². The minimum absolute atomic E-state index is 0.0964. The van der Waals surface area contributed by atoms with E-state index >= 15 is 0 Å². The van der Waals surface area contributed by atoms with Crippen LogP contribution in [0.25, 0.3) is 32.7 Å². The number of Topliss-reactive ketones (excluding diaryl/α,β-unsaturated/α-hetero) is 2. The van der Waals surface area contributed by atoms with E-state index < -0.39 is 0 Å². The monoisotopic (exact) mass is 742 g/mol. The molecule has 0 unspecified atom stereocenters. The Morgan fingerprint density at radius 2 is 0.679 bits per heavy atom. The quantitative estimate of drug-likeness (QED) is 0.191. The van der Waals surface area contributed by atoms with Crippen LogP contribution in [0.2, 0.25) is 0 Å². The summed E-state index contributed by atoms with van der Waals surface area (Å²) < 4.78 is 0. The Bertz CT molecular complexity index is 2270. The van der Waals surface area contributed by atoms with Crippen molar-refractivity contribution in [1.82, 2.24) is 0 Å². The molecule has 0 saturated heterocycles. The number of allylic oxidation sites excluding steroid dienone is 10. The fraction of sp³-hybridized carbons (Fsp3) is 0.320.